The van der Waals surface area contributed by atoms with E-state index in [0.717, 1.165) is 38.1 Å². The van der Waals surface area contributed by atoms with Crippen LogP contribution >= 0.6 is 15.9 Å². The minimum atomic E-state index is -3.75. The van der Waals surface area contributed by atoms with E-state index >= 15 is 0 Å². The number of hydrogen-bond donors (Lipinski definition) is 1. The normalized spacial score (nSPS) is 12.2. The molecular weight excluding hydrogens is 518 g/mol. The number of hydrogen-bond acceptors (Lipinski definition) is 4. The number of aryl methyl sites for hydroxylation is 2. The van der Waals surface area contributed by atoms with E-state index in [1.165, 1.54) is 4.90 Å². The van der Waals surface area contributed by atoms with Crippen molar-refractivity contribution < 1.29 is 18.0 Å². The van der Waals surface area contributed by atoms with Crippen molar-refractivity contribution in [2.75, 3.05) is 23.7 Å². The van der Waals surface area contributed by atoms with Gasteiger partial charge in [0.2, 0.25) is 21.8 Å². The summed E-state index contributed by atoms with van der Waals surface area (Å²) < 4.78 is 27.3. The van der Waals surface area contributed by atoms with Gasteiger partial charge in [-0.15, -0.1) is 0 Å². The average molecular weight is 553 g/mol. The number of nitrogens with zero attached hydrogens (tertiary/aromatic N) is 2. The van der Waals surface area contributed by atoms with Gasteiger partial charge in [-0.05, 0) is 56.0 Å². The summed E-state index contributed by atoms with van der Waals surface area (Å²) in [5.74, 6) is -0.680. The number of carbonyl (C=O) groups is 2. The first-order chi connectivity index (χ1) is 16.0. The molecule has 0 aromatic heterocycles. The van der Waals surface area contributed by atoms with Gasteiger partial charge in [-0.25, -0.2) is 8.42 Å². The minimum Gasteiger partial charge on any atom is -0.354 e. The van der Waals surface area contributed by atoms with Gasteiger partial charge in [-0.2, -0.15) is 0 Å². The highest BCUT2D eigenvalue weighted by Crippen LogP contribution is 2.25. The van der Waals surface area contributed by atoms with Crippen molar-refractivity contribution in [3.05, 3.63) is 63.6 Å². The Hall–Kier alpha value is -2.39. The lowest BCUT2D eigenvalue weighted by atomic mass is 10.1. The number of halogens is 1. The molecule has 0 saturated heterocycles. The first-order valence-electron chi connectivity index (χ1n) is 11.3. The highest BCUT2D eigenvalue weighted by atomic mass is 79.9. The number of amides is 2. The first kappa shape index (κ1) is 27.9. The Kier molecular flexibility index (Phi) is 10.1. The highest BCUT2D eigenvalue weighted by Gasteiger charge is 2.31. The third-order valence-electron chi connectivity index (χ3n) is 5.52. The molecule has 0 aliphatic rings. The lowest BCUT2D eigenvalue weighted by Gasteiger charge is -2.33. The fourth-order valence-electron chi connectivity index (χ4n) is 3.57. The van der Waals surface area contributed by atoms with Crippen LogP contribution in [0.3, 0.4) is 0 Å². The highest BCUT2D eigenvalue weighted by molar-refractivity contribution is 9.10. The molecule has 34 heavy (non-hydrogen) atoms. The van der Waals surface area contributed by atoms with Gasteiger partial charge in [0.1, 0.15) is 12.6 Å². The van der Waals surface area contributed by atoms with Crippen LogP contribution in [0.5, 0.6) is 0 Å². The van der Waals surface area contributed by atoms with Crippen LogP contribution in [-0.2, 0) is 26.2 Å². The second kappa shape index (κ2) is 12.4. The third-order valence-corrected chi connectivity index (χ3v) is 7.55. The van der Waals surface area contributed by atoms with Gasteiger partial charge in [0.15, 0.2) is 0 Å². The molecule has 2 aromatic rings. The molecule has 0 radical (unpaired) electrons. The molecule has 1 N–H and O–H groups in total. The maximum absolute atomic E-state index is 13.6. The standard InChI is InChI=1S/C25H34BrN3O4S/c1-6-14-27-25(31)23(7-2)28(16-20-10-8-18(3)9-11-20)24(30)17-29(34(5,32)33)21-12-13-22(26)19(4)15-21/h8-13,15,23H,6-7,14,16-17H2,1-5H3,(H,27,31)/t23-/m0/s1. The molecule has 1 atom stereocenters. The van der Waals surface area contributed by atoms with Crippen LogP contribution in [0.4, 0.5) is 5.69 Å². The van der Waals surface area contributed by atoms with Gasteiger partial charge in [0, 0.05) is 17.6 Å². The quantitative estimate of drug-likeness (QED) is 0.454. The van der Waals surface area contributed by atoms with Crippen molar-refractivity contribution in [1.29, 1.82) is 0 Å². The molecular formula is C25H34BrN3O4S. The molecule has 2 aromatic carbocycles. The molecule has 186 valence electrons. The van der Waals surface area contributed by atoms with Crippen LogP contribution in [0.15, 0.2) is 46.9 Å². The molecule has 0 spiro atoms. The SMILES string of the molecule is CCCNC(=O)[C@H](CC)N(Cc1ccc(C)cc1)C(=O)CN(c1ccc(Br)c(C)c1)S(C)(=O)=O. The van der Waals surface area contributed by atoms with Crippen molar-refractivity contribution in [2.45, 2.75) is 53.1 Å². The summed E-state index contributed by atoms with van der Waals surface area (Å²) in [6, 6.07) is 12.1. The van der Waals surface area contributed by atoms with E-state index in [0.29, 0.717) is 18.7 Å². The van der Waals surface area contributed by atoms with Gasteiger partial charge in [0.25, 0.3) is 0 Å². The van der Waals surface area contributed by atoms with Crippen molar-refractivity contribution in [3.8, 4) is 0 Å². The Labute approximate surface area is 211 Å². The number of carbonyl (C=O) groups excluding carboxylic acids is 2. The molecule has 0 bridgehead atoms. The Balaban J connectivity index is 2.43. The molecule has 0 aliphatic carbocycles. The van der Waals surface area contributed by atoms with E-state index in [1.807, 2.05) is 52.0 Å². The molecule has 0 aliphatic heterocycles. The Morgan fingerprint density at radius 1 is 1.06 bits per heavy atom. The number of rotatable bonds is 11. The van der Waals surface area contributed by atoms with Gasteiger partial charge in [-0.3, -0.25) is 13.9 Å². The van der Waals surface area contributed by atoms with Gasteiger partial charge in [-0.1, -0.05) is 59.6 Å². The van der Waals surface area contributed by atoms with Crippen LogP contribution in [0, 0.1) is 13.8 Å². The largest absolute Gasteiger partial charge is 0.354 e. The van der Waals surface area contributed by atoms with E-state index in [1.54, 1.807) is 18.2 Å². The van der Waals surface area contributed by atoms with Crippen LogP contribution in [0.25, 0.3) is 0 Å². The first-order valence-corrected chi connectivity index (χ1v) is 14.0. The molecule has 0 saturated carbocycles. The predicted octanol–water partition coefficient (Wildman–Crippen LogP) is 4.17. The fourth-order valence-corrected chi connectivity index (χ4v) is 4.66. The molecule has 2 rings (SSSR count). The number of benzene rings is 2. The van der Waals surface area contributed by atoms with Crippen LogP contribution in [-0.4, -0.2) is 50.5 Å². The second-order valence-corrected chi connectivity index (χ2v) is 11.2. The Morgan fingerprint density at radius 2 is 1.71 bits per heavy atom. The van der Waals surface area contributed by atoms with E-state index < -0.39 is 28.5 Å². The van der Waals surface area contributed by atoms with Gasteiger partial charge < -0.3 is 10.2 Å². The summed E-state index contributed by atoms with van der Waals surface area (Å²) >= 11 is 3.42. The van der Waals surface area contributed by atoms with E-state index in [-0.39, 0.29) is 12.5 Å². The minimum absolute atomic E-state index is 0.203. The van der Waals surface area contributed by atoms with Crippen molar-refractivity contribution in [2.24, 2.45) is 0 Å². The number of nitrogens with one attached hydrogen (secondary N) is 1. The van der Waals surface area contributed by atoms with Crippen LogP contribution in [0.1, 0.15) is 43.4 Å². The summed E-state index contributed by atoms with van der Waals surface area (Å²) in [6.45, 7) is 7.94. The van der Waals surface area contributed by atoms with Crippen LogP contribution in [0.2, 0.25) is 0 Å². The zero-order chi connectivity index (χ0) is 25.5. The number of sulfonamides is 1. The summed E-state index contributed by atoms with van der Waals surface area (Å²) in [5.41, 5.74) is 3.20. The van der Waals surface area contributed by atoms with E-state index in [4.69, 9.17) is 0 Å². The predicted molar refractivity (Wildman–Crippen MR) is 140 cm³/mol. The molecule has 9 heteroatoms. The molecule has 0 heterocycles. The lowest BCUT2D eigenvalue weighted by molar-refractivity contribution is -0.140. The Morgan fingerprint density at radius 3 is 2.24 bits per heavy atom. The zero-order valence-corrected chi connectivity index (χ0v) is 22.9. The number of anilines is 1. The lowest BCUT2D eigenvalue weighted by Crippen LogP contribution is -2.52. The van der Waals surface area contributed by atoms with Crippen LogP contribution < -0.4 is 9.62 Å². The maximum Gasteiger partial charge on any atom is 0.244 e. The van der Waals surface area contributed by atoms with Gasteiger partial charge >= 0.3 is 0 Å². The molecule has 7 nitrogen and oxygen atoms in total. The summed E-state index contributed by atoms with van der Waals surface area (Å²) in [6.07, 6.45) is 2.26. The fraction of sp³-hybridized carbons (Fsp3) is 0.440. The van der Waals surface area contributed by atoms with Crippen molar-refractivity contribution in [1.82, 2.24) is 10.2 Å². The summed E-state index contributed by atoms with van der Waals surface area (Å²) in [4.78, 5) is 28.0. The average Bonchev–Trinajstić information content (AvgIpc) is 2.78. The van der Waals surface area contributed by atoms with E-state index in [9.17, 15) is 18.0 Å². The van der Waals surface area contributed by atoms with Crippen molar-refractivity contribution in [3.63, 3.8) is 0 Å². The topological polar surface area (TPSA) is 86.8 Å². The Bertz CT molecular complexity index is 1100. The zero-order valence-electron chi connectivity index (χ0n) is 20.5. The smallest absolute Gasteiger partial charge is 0.244 e. The summed E-state index contributed by atoms with van der Waals surface area (Å²) in [7, 11) is -3.75. The van der Waals surface area contributed by atoms with Gasteiger partial charge in [0.05, 0.1) is 11.9 Å². The van der Waals surface area contributed by atoms with E-state index in [2.05, 4.69) is 21.2 Å². The summed E-state index contributed by atoms with van der Waals surface area (Å²) in [5, 5.41) is 2.87. The van der Waals surface area contributed by atoms with Crippen molar-refractivity contribution >= 4 is 43.5 Å². The molecule has 2 amide bonds. The molecule has 0 unspecified atom stereocenters. The second-order valence-electron chi connectivity index (χ2n) is 8.43. The maximum atomic E-state index is 13.6. The monoisotopic (exact) mass is 551 g/mol. The molecule has 0 fully saturated rings. The third kappa shape index (κ3) is 7.56.